The Kier molecular flexibility index (Phi) is 3.39. The third-order valence-corrected chi connectivity index (χ3v) is 3.09. The van der Waals surface area contributed by atoms with Gasteiger partial charge in [-0.25, -0.2) is 4.98 Å². The largest absolute Gasteiger partial charge is 0.342 e. The molecule has 0 saturated carbocycles. The minimum atomic E-state index is 0.125. The number of aromatic nitrogens is 2. The molecule has 86 valence electrons. The van der Waals surface area contributed by atoms with Gasteiger partial charge in [-0.3, -0.25) is 9.78 Å². The molecule has 1 aliphatic heterocycles. The first kappa shape index (κ1) is 11.3. The lowest BCUT2D eigenvalue weighted by Crippen LogP contribution is -2.37. The maximum Gasteiger partial charge on any atom is 0.219 e. The minimum Gasteiger partial charge on any atom is -0.342 e. The quantitative estimate of drug-likeness (QED) is 0.752. The van der Waals surface area contributed by atoms with E-state index in [9.17, 15) is 4.79 Å². The Balaban J connectivity index is 2.12. The molecule has 2 heterocycles. The lowest BCUT2D eigenvalue weighted by Gasteiger charge is -2.31. The molecule has 16 heavy (non-hydrogen) atoms. The zero-order valence-electron chi connectivity index (χ0n) is 9.19. The van der Waals surface area contributed by atoms with E-state index in [2.05, 4.69) is 9.97 Å². The Labute approximate surface area is 99.6 Å². The van der Waals surface area contributed by atoms with Crippen molar-refractivity contribution in [3.8, 4) is 0 Å². The van der Waals surface area contributed by atoms with Crippen LogP contribution in [0.2, 0.25) is 5.15 Å². The Bertz CT molecular complexity index is 397. The van der Waals surface area contributed by atoms with E-state index in [1.54, 1.807) is 13.1 Å². The Morgan fingerprint density at radius 2 is 2.38 bits per heavy atom. The number of nitrogens with zero attached hydrogens (tertiary/aromatic N) is 3. The molecule has 1 fully saturated rings. The molecule has 1 aromatic rings. The average molecular weight is 240 g/mol. The maximum absolute atomic E-state index is 11.3. The van der Waals surface area contributed by atoms with Gasteiger partial charge in [0.15, 0.2) is 0 Å². The van der Waals surface area contributed by atoms with Crippen molar-refractivity contribution in [2.45, 2.75) is 25.7 Å². The second-order valence-electron chi connectivity index (χ2n) is 4.07. The van der Waals surface area contributed by atoms with Crippen LogP contribution in [0.4, 0.5) is 0 Å². The minimum absolute atomic E-state index is 0.125. The van der Waals surface area contributed by atoms with E-state index in [0.717, 1.165) is 31.6 Å². The van der Waals surface area contributed by atoms with E-state index in [1.165, 1.54) is 6.20 Å². The first-order chi connectivity index (χ1) is 7.66. The highest BCUT2D eigenvalue weighted by atomic mass is 35.5. The Morgan fingerprint density at radius 3 is 3.06 bits per heavy atom. The molecule has 0 radical (unpaired) electrons. The smallest absolute Gasteiger partial charge is 0.219 e. The number of piperidine rings is 1. The predicted molar refractivity (Wildman–Crippen MR) is 61.3 cm³/mol. The van der Waals surface area contributed by atoms with Crippen molar-refractivity contribution in [2.75, 3.05) is 13.1 Å². The molecule has 2 rings (SSSR count). The third kappa shape index (κ3) is 2.50. The van der Waals surface area contributed by atoms with Gasteiger partial charge in [0.1, 0.15) is 5.15 Å². The van der Waals surface area contributed by atoms with E-state index in [4.69, 9.17) is 11.6 Å². The van der Waals surface area contributed by atoms with Crippen molar-refractivity contribution < 1.29 is 4.79 Å². The lowest BCUT2D eigenvalue weighted by molar-refractivity contribution is -0.130. The summed E-state index contributed by atoms with van der Waals surface area (Å²) in [6.45, 7) is 3.18. The van der Waals surface area contributed by atoms with Gasteiger partial charge in [-0.2, -0.15) is 0 Å². The lowest BCUT2D eigenvalue weighted by atomic mass is 9.95. The fourth-order valence-corrected chi connectivity index (χ4v) is 2.21. The van der Waals surface area contributed by atoms with Crippen LogP contribution in [-0.2, 0) is 4.79 Å². The summed E-state index contributed by atoms with van der Waals surface area (Å²) in [4.78, 5) is 21.5. The zero-order valence-corrected chi connectivity index (χ0v) is 9.94. The van der Waals surface area contributed by atoms with Crippen LogP contribution in [0.3, 0.4) is 0 Å². The molecule has 1 aliphatic rings. The molecule has 0 N–H and O–H groups in total. The summed E-state index contributed by atoms with van der Waals surface area (Å²) in [6, 6.07) is 0. The summed E-state index contributed by atoms with van der Waals surface area (Å²) >= 11 is 5.81. The molecule has 4 nitrogen and oxygen atoms in total. The highest BCUT2D eigenvalue weighted by molar-refractivity contribution is 6.29. The summed E-state index contributed by atoms with van der Waals surface area (Å²) in [5.74, 6) is 0.392. The summed E-state index contributed by atoms with van der Waals surface area (Å²) in [5.41, 5.74) is 0.887. The van der Waals surface area contributed by atoms with Gasteiger partial charge in [-0.1, -0.05) is 11.6 Å². The fourth-order valence-electron chi connectivity index (χ4n) is 2.06. The SMILES string of the molecule is CC(=O)N1CCC[C@H](c2cncc(Cl)n2)C1. The van der Waals surface area contributed by atoms with Crippen molar-refractivity contribution in [1.29, 1.82) is 0 Å². The van der Waals surface area contributed by atoms with E-state index in [-0.39, 0.29) is 11.8 Å². The molecule has 0 aliphatic carbocycles. The van der Waals surface area contributed by atoms with Gasteiger partial charge < -0.3 is 4.90 Å². The van der Waals surface area contributed by atoms with Crippen molar-refractivity contribution >= 4 is 17.5 Å². The Hall–Kier alpha value is -1.16. The van der Waals surface area contributed by atoms with Crippen LogP contribution in [0.5, 0.6) is 0 Å². The van der Waals surface area contributed by atoms with Crippen molar-refractivity contribution in [3.05, 3.63) is 23.2 Å². The molecule has 0 spiro atoms. The second-order valence-corrected chi connectivity index (χ2v) is 4.46. The highest BCUT2D eigenvalue weighted by Crippen LogP contribution is 2.25. The average Bonchev–Trinajstić information content (AvgIpc) is 2.29. The third-order valence-electron chi connectivity index (χ3n) is 2.91. The normalized spacial score (nSPS) is 20.9. The van der Waals surface area contributed by atoms with Crippen molar-refractivity contribution in [1.82, 2.24) is 14.9 Å². The number of carbonyl (C=O) groups is 1. The van der Waals surface area contributed by atoms with Crippen LogP contribution in [-0.4, -0.2) is 33.9 Å². The van der Waals surface area contributed by atoms with E-state index in [1.807, 2.05) is 4.90 Å². The van der Waals surface area contributed by atoms with Gasteiger partial charge >= 0.3 is 0 Å². The predicted octanol–water partition coefficient (Wildman–Crippen LogP) is 1.86. The maximum atomic E-state index is 11.3. The summed E-state index contributed by atoms with van der Waals surface area (Å²) < 4.78 is 0. The molecule has 0 bridgehead atoms. The molecule has 1 atom stereocenters. The molecule has 0 aromatic carbocycles. The number of rotatable bonds is 1. The van der Waals surface area contributed by atoms with Crippen LogP contribution in [0, 0.1) is 0 Å². The summed E-state index contributed by atoms with van der Waals surface area (Å²) in [5, 5.41) is 0.414. The second kappa shape index (κ2) is 4.78. The summed E-state index contributed by atoms with van der Waals surface area (Å²) in [7, 11) is 0. The van der Waals surface area contributed by atoms with Gasteiger partial charge in [-0.05, 0) is 12.8 Å². The molecule has 1 saturated heterocycles. The van der Waals surface area contributed by atoms with Gasteiger partial charge in [0.2, 0.25) is 5.91 Å². The highest BCUT2D eigenvalue weighted by Gasteiger charge is 2.23. The summed E-state index contributed by atoms with van der Waals surface area (Å²) in [6.07, 6.45) is 5.31. The number of carbonyl (C=O) groups excluding carboxylic acids is 1. The first-order valence-electron chi connectivity index (χ1n) is 5.40. The standard InChI is InChI=1S/C11H14ClN3O/c1-8(16)15-4-2-3-9(7-15)10-5-13-6-11(12)14-10/h5-6,9H,2-4,7H2,1H3/t9-/m0/s1. The van der Waals surface area contributed by atoms with Crippen LogP contribution in [0.15, 0.2) is 12.4 Å². The first-order valence-corrected chi connectivity index (χ1v) is 5.77. The number of hydrogen-bond acceptors (Lipinski definition) is 3. The van der Waals surface area contributed by atoms with Gasteiger partial charge in [-0.15, -0.1) is 0 Å². The van der Waals surface area contributed by atoms with E-state index in [0.29, 0.717) is 5.15 Å². The molecule has 0 unspecified atom stereocenters. The van der Waals surface area contributed by atoms with Crippen LogP contribution < -0.4 is 0 Å². The number of likely N-dealkylation sites (tertiary alicyclic amines) is 1. The van der Waals surface area contributed by atoms with Gasteiger partial charge in [0.05, 0.1) is 11.9 Å². The fraction of sp³-hybridized carbons (Fsp3) is 0.545. The van der Waals surface area contributed by atoms with Crippen molar-refractivity contribution in [3.63, 3.8) is 0 Å². The van der Waals surface area contributed by atoms with Gasteiger partial charge in [0, 0.05) is 32.1 Å². The van der Waals surface area contributed by atoms with Crippen LogP contribution in [0.25, 0.3) is 0 Å². The molecular formula is C11H14ClN3O. The van der Waals surface area contributed by atoms with Crippen LogP contribution >= 0.6 is 11.6 Å². The van der Waals surface area contributed by atoms with Gasteiger partial charge in [0.25, 0.3) is 0 Å². The molecule has 1 aromatic heterocycles. The topological polar surface area (TPSA) is 46.1 Å². The molecule has 5 heteroatoms. The molecule has 1 amide bonds. The zero-order chi connectivity index (χ0) is 11.5. The number of halogens is 1. The van der Waals surface area contributed by atoms with E-state index >= 15 is 0 Å². The monoisotopic (exact) mass is 239 g/mol. The number of amides is 1. The molecular weight excluding hydrogens is 226 g/mol. The number of hydrogen-bond donors (Lipinski definition) is 0. The van der Waals surface area contributed by atoms with E-state index < -0.39 is 0 Å². The van der Waals surface area contributed by atoms with Crippen molar-refractivity contribution in [2.24, 2.45) is 0 Å². The van der Waals surface area contributed by atoms with Crippen LogP contribution in [0.1, 0.15) is 31.4 Å². The Morgan fingerprint density at radius 1 is 1.56 bits per heavy atom.